The van der Waals surface area contributed by atoms with Gasteiger partial charge in [0.05, 0.1) is 32.4 Å². The van der Waals surface area contributed by atoms with E-state index in [0.717, 1.165) is 26.2 Å². The molecule has 0 radical (unpaired) electrons. The van der Waals surface area contributed by atoms with Gasteiger partial charge in [0.15, 0.2) is 11.5 Å². The van der Waals surface area contributed by atoms with Gasteiger partial charge in [0.25, 0.3) is 0 Å². The van der Waals surface area contributed by atoms with Gasteiger partial charge in [0.1, 0.15) is 50.0 Å². The number of hydrogen-bond donors (Lipinski definition) is 3. The van der Waals surface area contributed by atoms with E-state index >= 15 is 0 Å². The minimum atomic E-state index is -0.193. The Balaban J connectivity index is 1.64. The van der Waals surface area contributed by atoms with Crippen molar-refractivity contribution in [3.05, 3.63) is 52.8 Å². The molecule has 0 saturated carbocycles. The zero-order valence-electron chi connectivity index (χ0n) is 17.6. The minimum absolute atomic E-state index is 0.170. The fraction of sp³-hybridized carbons (Fsp3) is 0.348. The molecule has 0 spiro atoms. The maximum atomic E-state index is 13.0. The number of nitrogens with one attached hydrogen (secondary N) is 2. The summed E-state index contributed by atoms with van der Waals surface area (Å²) in [5.74, 6) is 1.92. The molecule has 0 unspecified atom stereocenters. The van der Waals surface area contributed by atoms with E-state index in [0.29, 0.717) is 40.5 Å². The lowest BCUT2D eigenvalue weighted by atomic mass is 10.0. The fourth-order valence-electron chi connectivity index (χ4n) is 4.00. The number of methoxy groups -OCH3 is 2. The van der Waals surface area contributed by atoms with E-state index in [2.05, 4.69) is 7.05 Å². The van der Waals surface area contributed by atoms with Crippen LogP contribution in [0.4, 0.5) is 0 Å². The van der Waals surface area contributed by atoms with Gasteiger partial charge in [-0.05, 0) is 30.3 Å². The lowest BCUT2D eigenvalue weighted by Crippen LogP contribution is -3.26. The van der Waals surface area contributed by atoms with E-state index in [-0.39, 0.29) is 17.3 Å². The number of ketones is 1. The van der Waals surface area contributed by atoms with E-state index in [1.54, 1.807) is 44.6 Å². The molecule has 30 heavy (non-hydrogen) atoms. The Morgan fingerprint density at radius 2 is 1.87 bits per heavy atom. The summed E-state index contributed by atoms with van der Waals surface area (Å²) in [6.45, 7) is 4.86. The highest BCUT2D eigenvalue weighted by atomic mass is 16.5. The monoisotopic (exact) mass is 412 g/mol. The van der Waals surface area contributed by atoms with Crippen LogP contribution in [0.25, 0.3) is 6.08 Å². The molecule has 2 aromatic rings. The summed E-state index contributed by atoms with van der Waals surface area (Å²) in [6.07, 6.45) is 1.67. The number of hydrogen-bond acceptors (Lipinski definition) is 5. The van der Waals surface area contributed by atoms with Crippen molar-refractivity contribution in [3.63, 3.8) is 0 Å². The molecular weight excluding hydrogens is 384 g/mol. The zero-order valence-corrected chi connectivity index (χ0v) is 17.6. The van der Waals surface area contributed by atoms with E-state index in [9.17, 15) is 9.90 Å². The summed E-state index contributed by atoms with van der Waals surface area (Å²) in [5, 5.41) is 10.5. The van der Waals surface area contributed by atoms with Crippen LogP contribution in [0, 0.1) is 0 Å². The molecule has 2 aliphatic heterocycles. The van der Waals surface area contributed by atoms with Crippen LogP contribution < -0.4 is 24.0 Å². The number of benzene rings is 2. The van der Waals surface area contributed by atoms with Crippen LogP contribution in [0.2, 0.25) is 0 Å². The molecule has 2 aromatic carbocycles. The Kier molecular flexibility index (Phi) is 5.65. The van der Waals surface area contributed by atoms with E-state index in [4.69, 9.17) is 14.2 Å². The Bertz CT molecular complexity index is 993. The van der Waals surface area contributed by atoms with Gasteiger partial charge in [-0.25, -0.2) is 0 Å². The zero-order chi connectivity index (χ0) is 21.3. The van der Waals surface area contributed by atoms with Crippen molar-refractivity contribution < 1.29 is 33.9 Å². The molecule has 7 heteroatoms. The summed E-state index contributed by atoms with van der Waals surface area (Å²) in [7, 11) is 5.35. The van der Waals surface area contributed by atoms with Crippen LogP contribution in [0.3, 0.4) is 0 Å². The molecule has 158 valence electrons. The third kappa shape index (κ3) is 3.86. The van der Waals surface area contributed by atoms with E-state index in [1.807, 2.05) is 6.07 Å². The van der Waals surface area contributed by atoms with Gasteiger partial charge in [0, 0.05) is 11.6 Å². The third-order valence-electron chi connectivity index (χ3n) is 5.88. The van der Waals surface area contributed by atoms with Gasteiger partial charge in [-0.15, -0.1) is 0 Å². The number of allylic oxidation sites excluding steroid dienone is 1. The number of aromatic hydroxyl groups is 1. The number of carbonyl (C=O) groups is 1. The fourth-order valence-corrected chi connectivity index (χ4v) is 4.00. The molecule has 7 nitrogen and oxygen atoms in total. The van der Waals surface area contributed by atoms with Crippen LogP contribution in [-0.2, 0) is 6.54 Å². The number of rotatable bonds is 5. The number of ether oxygens (including phenoxy) is 3. The quantitative estimate of drug-likeness (QED) is 0.600. The molecule has 0 amide bonds. The van der Waals surface area contributed by atoms with E-state index in [1.165, 1.54) is 9.80 Å². The van der Waals surface area contributed by atoms with Crippen LogP contribution >= 0.6 is 0 Å². The average Bonchev–Trinajstić information content (AvgIpc) is 3.07. The number of carbonyl (C=O) groups excluding carboxylic acids is 1. The second-order valence-electron chi connectivity index (χ2n) is 7.87. The largest absolute Gasteiger partial charge is 0.507 e. The van der Waals surface area contributed by atoms with Crippen molar-refractivity contribution in [2.75, 3.05) is 47.4 Å². The number of likely N-dealkylation sites (N-methyl/N-ethyl adjacent to an activating group) is 1. The first kappa shape index (κ1) is 20.3. The highest BCUT2D eigenvalue weighted by Gasteiger charge is 2.33. The molecule has 0 atom stereocenters. The third-order valence-corrected chi connectivity index (χ3v) is 5.88. The van der Waals surface area contributed by atoms with Crippen LogP contribution in [0.5, 0.6) is 23.0 Å². The first-order valence-corrected chi connectivity index (χ1v) is 10.2. The van der Waals surface area contributed by atoms with E-state index < -0.39 is 0 Å². The smallest absolute Gasteiger partial charge is 0.231 e. The first-order valence-electron chi connectivity index (χ1n) is 10.2. The second kappa shape index (κ2) is 8.38. The molecule has 2 aliphatic rings. The van der Waals surface area contributed by atoms with Crippen LogP contribution in [0.15, 0.2) is 36.1 Å². The maximum absolute atomic E-state index is 13.0. The van der Waals surface area contributed by atoms with Gasteiger partial charge >= 0.3 is 0 Å². The second-order valence-corrected chi connectivity index (χ2v) is 7.87. The Morgan fingerprint density at radius 1 is 1.10 bits per heavy atom. The molecule has 2 heterocycles. The topological polar surface area (TPSA) is 73.9 Å². The molecule has 0 aromatic heterocycles. The lowest BCUT2D eigenvalue weighted by molar-refractivity contribution is -1.01. The lowest BCUT2D eigenvalue weighted by Gasteiger charge is -2.27. The van der Waals surface area contributed by atoms with Gasteiger partial charge in [0.2, 0.25) is 5.78 Å². The van der Waals surface area contributed by atoms with Gasteiger partial charge in [-0.3, -0.25) is 4.79 Å². The predicted octanol–water partition coefficient (Wildman–Crippen LogP) is -0.0612. The number of Topliss-reactive ketones (excluding diaryl/α,β-unsaturated/α-hetero) is 1. The molecule has 1 fully saturated rings. The molecule has 0 bridgehead atoms. The van der Waals surface area contributed by atoms with Crippen molar-refractivity contribution in [3.8, 4) is 23.0 Å². The normalized spacial score (nSPS) is 22.0. The number of quaternary nitrogens is 2. The van der Waals surface area contributed by atoms with Gasteiger partial charge in [-0.2, -0.15) is 0 Å². The highest BCUT2D eigenvalue weighted by Crippen LogP contribution is 2.39. The predicted molar refractivity (Wildman–Crippen MR) is 112 cm³/mol. The number of fused-ring (bicyclic) bond motifs is 1. The van der Waals surface area contributed by atoms with Crippen LogP contribution in [-0.4, -0.2) is 58.3 Å². The number of piperazine rings is 1. The summed E-state index contributed by atoms with van der Waals surface area (Å²) in [4.78, 5) is 15.9. The molecule has 3 N–H and O–H groups in total. The molecule has 0 aliphatic carbocycles. The highest BCUT2D eigenvalue weighted by molar-refractivity contribution is 6.15. The van der Waals surface area contributed by atoms with Gasteiger partial charge in [-0.1, -0.05) is 0 Å². The Hall–Kier alpha value is -3.03. The summed E-state index contributed by atoms with van der Waals surface area (Å²) < 4.78 is 16.7. The van der Waals surface area contributed by atoms with Crippen molar-refractivity contribution in [2.45, 2.75) is 6.54 Å². The number of phenols is 1. The minimum Gasteiger partial charge on any atom is -0.507 e. The molecular formula is C23H28N2O5+2. The standard InChI is InChI=1S/C23H26N2O5/c1-24-8-10-25(11-9-24)14-18-19(26)7-6-17-22(27)21(30-23(17)18)12-15-4-5-16(28-2)13-20(15)29-3/h4-7,12-13,26H,8-11,14H2,1-3H3/p+2. The molecule has 1 saturated heterocycles. The first-order chi connectivity index (χ1) is 14.5. The van der Waals surface area contributed by atoms with Crippen LogP contribution in [0.1, 0.15) is 21.5 Å². The molecule has 4 rings (SSSR count). The summed E-state index contributed by atoms with van der Waals surface area (Å²) >= 11 is 0. The van der Waals surface area contributed by atoms with Crippen molar-refractivity contribution in [2.24, 2.45) is 0 Å². The van der Waals surface area contributed by atoms with Crippen molar-refractivity contribution in [1.82, 2.24) is 0 Å². The maximum Gasteiger partial charge on any atom is 0.231 e. The summed E-state index contributed by atoms with van der Waals surface area (Å²) in [5.41, 5.74) is 1.90. The summed E-state index contributed by atoms with van der Waals surface area (Å²) in [6, 6.07) is 8.60. The Labute approximate surface area is 176 Å². The Morgan fingerprint density at radius 3 is 2.57 bits per heavy atom. The average molecular weight is 412 g/mol. The van der Waals surface area contributed by atoms with Gasteiger partial charge < -0.3 is 29.1 Å². The SMILES string of the molecule is COc1ccc(C=C2Oc3c(ccc(O)c3C[NH+]3CC[NH+](C)CC3)C2=O)c(OC)c1. The van der Waals surface area contributed by atoms with Crippen molar-refractivity contribution in [1.29, 1.82) is 0 Å². The van der Waals surface area contributed by atoms with Crippen molar-refractivity contribution >= 4 is 11.9 Å². The number of phenolic OH excluding ortho intramolecular Hbond substituents is 1.